The topological polar surface area (TPSA) is 133 Å². The third-order valence-electron chi connectivity index (χ3n) is 5.63. The number of aryl methyl sites for hydroxylation is 1. The summed E-state index contributed by atoms with van der Waals surface area (Å²) in [6.07, 6.45) is 1.81. The Labute approximate surface area is 202 Å². The van der Waals surface area contributed by atoms with E-state index in [2.05, 4.69) is 17.2 Å². The highest BCUT2D eigenvalue weighted by molar-refractivity contribution is 7.89. The number of hydrogen-bond donors (Lipinski definition) is 2. The van der Waals surface area contributed by atoms with E-state index in [-0.39, 0.29) is 24.0 Å². The van der Waals surface area contributed by atoms with Crippen LogP contribution in [0.1, 0.15) is 35.9 Å². The van der Waals surface area contributed by atoms with Crippen molar-refractivity contribution in [3.05, 3.63) is 72.1 Å². The summed E-state index contributed by atoms with van der Waals surface area (Å²) in [6.45, 7) is 2.27. The molecule has 0 saturated heterocycles. The number of ether oxygens (including phenoxy) is 1. The molecule has 0 fully saturated rings. The highest BCUT2D eigenvalue weighted by Crippen LogP contribution is 2.21. The lowest BCUT2D eigenvalue weighted by molar-refractivity contribution is -0.144. The van der Waals surface area contributed by atoms with Gasteiger partial charge in [-0.15, -0.1) is 0 Å². The summed E-state index contributed by atoms with van der Waals surface area (Å²) in [7, 11) is -3.87. The van der Waals surface area contributed by atoms with E-state index in [1.807, 2.05) is 34.9 Å². The number of aromatic nitrogens is 2. The largest absolute Gasteiger partial charge is 0.456 e. The first kappa shape index (κ1) is 24.4. The first-order valence-corrected chi connectivity index (χ1v) is 12.8. The number of unbranched alkanes of at least 4 members (excludes halogenated alkanes) is 1. The van der Waals surface area contributed by atoms with Crippen LogP contribution in [0.15, 0.2) is 65.6 Å². The van der Waals surface area contributed by atoms with Gasteiger partial charge in [0.15, 0.2) is 0 Å². The van der Waals surface area contributed by atoms with Crippen LogP contribution in [-0.4, -0.2) is 36.4 Å². The first-order valence-electron chi connectivity index (χ1n) is 11.2. The molecule has 4 rings (SSSR count). The Balaban J connectivity index is 1.42. The van der Waals surface area contributed by atoms with E-state index in [0.717, 1.165) is 29.1 Å². The van der Waals surface area contributed by atoms with E-state index in [0.29, 0.717) is 23.4 Å². The predicted octanol–water partition coefficient (Wildman–Crippen LogP) is 3.11. The maximum Gasteiger partial charge on any atom is 0.325 e. The number of carbonyl (C=O) groups is 2. The minimum atomic E-state index is -3.87. The Hall–Kier alpha value is -3.76. The Morgan fingerprint density at radius 2 is 1.83 bits per heavy atom. The highest BCUT2D eigenvalue weighted by atomic mass is 32.2. The van der Waals surface area contributed by atoms with Gasteiger partial charge in [-0.05, 0) is 47.5 Å². The standard InChI is InChI=1S/C25H26N4O5S/c1-2-3-12-29-22-11-10-20(35(26,32)33)14-21(22)28-23(29)16-34-24(30)15-27-25(31)19-9-8-17-6-4-5-7-18(17)13-19/h4-11,13-14H,2-3,12,15-16H2,1H3,(H,27,31)(H2,26,32,33). The summed E-state index contributed by atoms with van der Waals surface area (Å²) in [4.78, 5) is 29.2. The van der Waals surface area contributed by atoms with E-state index >= 15 is 0 Å². The number of nitrogens with zero attached hydrogens (tertiary/aromatic N) is 2. The third-order valence-corrected chi connectivity index (χ3v) is 6.54. The van der Waals surface area contributed by atoms with E-state index in [9.17, 15) is 18.0 Å². The molecule has 10 heteroatoms. The van der Waals surface area contributed by atoms with Gasteiger partial charge in [0.2, 0.25) is 10.0 Å². The molecular weight excluding hydrogens is 468 g/mol. The van der Waals surface area contributed by atoms with Crippen molar-refractivity contribution in [2.45, 2.75) is 37.8 Å². The second-order valence-corrected chi connectivity index (χ2v) is 9.70. The Bertz CT molecular complexity index is 1510. The van der Waals surface area contributed by atoms with Gasteiger partial charge >= 0.3 is 5.97 Å². The highest BCUT2D eigenvalue weighted by Gasteiger charge is 2.16. The van der Waals surface area contributed by atoms with Gasteiger partial charge in [0, 0.05) is 12.1 Å². The summed E-state index contributed by atoms with van der Waals surface area (Å²) < 4.78 is 30.6. The minimum Gasteiger partial charge on any atom is -0.456 e. The number of benzene rings is 3. The summed E-state index contributed by atoms with van der Waals surface area (Å²) >= 11 is 0. The van der Waals surface area contributed by atoms with E-state index < -0.39 is 16.0 Å². The Morgan fingerprint density at radius 3 is 2.57 bits per heavy atom. The molecule has 3 N–H and O–H groups in total. The molecule has 9 nitrogen and oxygen atoms in total. The number of sulfonamides is 1. The number of nitrogens with two attached hydrogens (primary N) is 1. The second kappa shape index (κ2) is 10.2. The molecule has 35 heavy (non-hydrogen) atoms. The molecule has 0 unspecified atom stereocenters. The van der Waals surface area contributed by atoms with Crippen molar-refractivity contribution in [1.82, 2.24) is 14.9 Å². The number of carbonyl (C=O) groups excluding carboxylic acids is 2. The summed E-state index contributed by atoms with van der Waals surface area (Å²) in [5, 5.41) is 9.76. The van der Waals surface area contributed by atoms with Gasteiger partial charge in [0.25, 0.3) is 5.91 Å². The lowest BCUT2D eigenvalue weighted by Crippen LogP contribution is -2.30. The molecule has 0 atom stereocenters. The summed E-state index contributed by atoms with van der Waals surface area (Å²) in [5.41, 5.74) is 1.62. The molecule has 0 spiro atoms. The summed E-state index contributed by atoms with van der Waals surface area (Å²) in [6, 6.07) is 17.5. The zero-order valence-electron chi connectivity index (χ0n) is 19.2. The van der Waals surface area contributed by atoms with Crippen molar-refractivity contribution in [2.24, 2.45) is 5.14 Å². The number of rotatable bonds is 9. The average molecular weight is 495 g/mol. The SMILES string of the molecule is CCCCn1c(COC(=O)CNC(=O)c2ccc3ccccc3c2)nc2cc(S(N)(=O)=O)ccc21. The van der Waals surface area contributed by atoms with E-state index in [4.69, 9.17) is 9.88 Å². The number of fused-ring (bicyclic) bond motifs is 2. The van der Waals surface area contributed by atoms with Gasteiger partial charge in [0.05, 0.1) is 15.9 Å². The van der Waals surface area contributed by atoms with Crippen LogP contribution >= 0.6 is 0 Å². The van der Waals surface area contributed by atoms with Crippen molar-refractivity contribution in [3.8, 4) is 0 Å². The molecule has 1 amide bonds. The number of esters is 1. The minimum absolute atomic E-state index is 0.0370. The molecular formula is C25H26N4O5S. The van der Waals surface area contributed by atoms with Crippen LogP contribution in [0.2, 0.25) is 0 Å². The molecule has 0 bridgehead atoms. The smallest absolute Gasteiger partial charge is 0.325 e. The van der Waals surface area contributed by atoms with Crippen LogP contribution in [0.5, 0.6) is 0 Å². The normalized spacial score (nSPS) is 11.6. The quantitative estimate of drug-likeness (QED) is 0.344. The van der Waals surface area contributed by atoms with E-state index in [1.54, 1.807) is 18.2 Å². The zero-order chi connectivity index (χ0) is 25.0. The maximum absolute atomic E-state index is 12.5. The van der Waals surface area contributed by atoms with Crippen LogP contribution in [-0.2, 0) is 32.7 Å². The van der Waals surface area contributed by atoms with Crippen molar-refractivity contribution >= 4 is 43.7 Å². The zero-order valence-corrected chi connectivity index (χ0v) is 20.0. The number of imidazole rings is 1. The molecule has 1 aromatic heterocycles. The lowest BCUT2D eigenvalue weighted by Gasteiger charge is -2.10. The fourth-order valence-electron chi connectivity index (χ4n) is 3.79. The van der Waals surface area contributed by atoms with Crippen LogP contribution < -0.4 is 10.5 Å². The van der Waals surface area contributed by atoms with Gasteiger partial charge in [-0.3, -0.25) is 9.59 Å². The number of hydrogen-bond acceptors (Lipinski definition) is 6. The van der Waals surface area contributed by atoms with Crippen molar-refractivity contribution in [1.29, 1.82) is 0 Å². The molecule has 4 aromatic rings. The Morgan fingerprint density at radius 1 is 1.06 bits per heavy atom. The van der Waals surface area contributed by atoms with E-state index in [1.165, 1.54) is 12.1 Å². The van der Waals surface area contributed by atoms with Crippen molar-refractivity contribution < 1.29 is 22.7 Å². The molecule has 0 radical (unpaired) electrons. The third kappa shape index (κ3) is 5.67. The molecule has 3 aromatic carbocycles. The molecule has 0 saturated carbocycles. The van der Waals surface area contributed by atoms with Gasteiger partial charge in [0.1, 0.15) is 19.0 Å². The van der Waals surface area contributed by atoms with Crippen molar-refractivity contribution in [2.75, 3.05) is 6.54 Å². The van der Waals surface area contributed by atoms with Gasteiger partial charge < -0.3 is 14.6 Å². The second-order valence-electron chi connectivity index (χ2n) is 8.13. The first-order chi connectivity index (χ1) is 16.8. The fraction of sp³-hybridized carbons (Fsp3) is 0.240. The number of amides is 1. The van der Waals surface area contributed by atoms with Gasteiger partial charge in [-0.1, -0.05) is 43.7 Å². The molecule has 0 aliphatic carbocycles. The number of primary sulfonamides is 1. The van der Waals surface area contributed by atoms with Crippen LogP contribution in [0.25, 0.3) is 21.8 Å². The van der Waals surface area contributed by atoms with Gasteiger partial charge in [-0.25, -0.2) is 18.5 Å². The molecule has 0 aliphatic rings. The Kier molecular flexibility index (Phi) is 7.13. The molecule has 182 valence electrons. The van der Waals surface area contributed by atoms with Crippen LogP contribution in [0.4, 0.5) is 0 Å². The maximum atomic E-state index is 12.5. The molecule has 0 aliphatic heterocycles. The monoisotopic (exact) mass is 494 g/mol. The van der Waals surface area contributed by atoms with Crippen LogP contribution in [0, 0.1) is 0 Å². The lowest BCUT2D eigenvalue weighted by atomic mass is 10.1. The molecule has 1 heterocycles. The van der Waals surface area contributed by atoms with Crippen molar-refractivity contribution in [3.63, 3.8) is 0 Å². The average Bonchev–Trinajstić information content (AvgIpc) is 3.20. The van der Waals surface area contributed by atoms with Crippen LogP contribution in [0.3, 0.4) is 0 Å². The summed E-state index contributed by atoms with van der Waals surface area (Å²) in [5.74, 6) is -0.508. The predicted molar refractivity (Wildman–Crippen MR) is 132 cm³/mol. The fourth-order valence-corrected chi connectivity index (χ4v) is 4.33. The number of nitrogens with one attached hydrogen (secondary N) is 1. The van der Waals surface area contributed by atoms with Gasteiger partial charge in [-0.2, -0.15) is 0 Å².